The highest BCUT2D eigenvalue weighted by atomic mass is 16.5. The molecule has 3 rings (SSSR count). The van der Waals surface area contributed by atoms with Gasteiger partial charge >= 0.3 is 0 Å². The fourth-order valence-corrected chi connectivity index (χ4v) is 2.73. The van der Waals surface area contributed by atoms with Gasteiger partial charge in [0, 0.05) is 30.9 Å². The summed E-state index contributed by atoms with van der Waals surface area (Å²) in [6, 6.07) is 1.75. The molecule has 1 aliphatic heterocycles. The van der Waals surface area contributed by atoms with Crippen LogP contribution in [0.1, 0.15) is 67.1 Å². The molecule has 2 aromatic rings. The van der Waals surface area contributed by atoms with Gasteiger partial charge in [-0.3, -0.25) is 4.79 Å². The number of piperidine rings is 1. The van der Waals surface area contributed by atoms with Crippen LogP contribution in [0.4, 0.5) is 0 Å². The molecule has 2 aromatic heterocycles. The molecule has 1 atom stereocenters. The van der Waals surface area contributed by atoms with Crippen LogP contribution in [-0.4, -0.2) is 32.5 Å². The second-order valence-electron chi connectivity index (χ2n) is 5.75. The van der Waals surface area contributed by atoms with E-state index in [9.17, 15) is 4.79 Å². The number of carbonyl (C=O) groups is 1. The number of imidazole rings is 1. The highest BCUT2D eigenvalue weighted by molar-refractivity contribution is 5.92. The van der Waals surface area contributed by atoms with Gasteiger partial charge in [-0.2, -0.15) is 0 Å². The van der Waals surface area contributed by atoms with E-state index in [1.165, 1.54) is 0 Å². The highest BCUT2D eigenvalue weighted by Gasteiger charge is 2.31. The van der Waals surface area contributed by atoms with E-state index < -0.39 is 0 Å². The smallest absolute Gasteiger partial charge is 0.276 e. The van der Waals surface area contributed by atoms with E-state index in [2.05, 4.69) is 15.1 Å². The topological polar surface area (TPSA) is 75.0 Å². The van der Waals surface area contributed by atoms with Crippen molar-refractivity contribution in [1.29, 1.82) is 0 Å². The molecule has 0 unspecified atom stereocenters. The number of hydrogen-bond acceptors (Lipinski definition) is 4. The van der Waals surface area contributed by atoms with Gasteiger partial charge in [0.2, 0.25) is 0 Å². The maximum atomic E-state index is 12.7. The Morgan fingerprint density at radius 1 is 1.48 bits per heavy atom. The Balaban J connectivity index is 1.83. The van der Waals surface area contributed by atoms with Gasteiger partial charge < -0.3 is 14.4 Å². The normalized spacial score (nSPS) is 19.2. The van der Waals surface area contributed by atoms with Crippen LogP contribution in [-0.2, 0) is 0 Å². The SMILES string of the molecule is CC(C)c1cc(C(=O)N2CCCC[C@H]2c2ncc[nH]2)no1. The van der Waals surface area contributed by atoms with Gasteiger partial charge in [-0.1, -0.05) is 19.0 Å². The minimum Gasteiger partial charge on any atom is -0.360 e. The van der Waals surface area contributed by atoms with Gasteiger partial charge in [-0.15, -0.1) is 0 Å². The molecule has 0 aromatic carbocycles. The molecule has 3 heterocycles. The fourth-order valence-electron chi connectivity index (χ4n) is 2.73. The van der Waals surface area contributed by atoms with E-state index in [1.807, 2.05) is 18.7 Å². The van der Waals surface area contributed by atoms with E-state index >= 15 is 0 Å². The number of amides is 1. The van der Waals surface area contributed by atoms with Crippen LogP contribution in [0, 0.1) is 0 Å². The molecular weight excluding hydrogens is 268 g/mol. The molecule has 0 aliphatic carbocycles. The number of rotatable bonds is 3. The minimum atomic E-state index is -0.0771. The molecule has 0 saturated carbocycles. The molecule has 21 heavy (non-hydrogen) atoms. The Kier molecular flexibility index (Phi) is 3.77. The molecule has 0 bridgehead atoms. The summed E-state index contributed by atoms with van der Waals surface area (Å²) in [5, 5.41) is 3.93. The van der Waals surface area contributed by atoms with Crippen molar-refractivity contribution in [2.75, 3.05) is 6.54 Å². The Hall–Kier alpha value is -2.11. The third-order valence-electron chi connectivity index (χ3n) is 3.92. The van der Waals surface area contributed by atoms with Crippen LogP contribution in [0.3, 0.4) is 0 Å². The molecule has 1 fully saturated rings. The van der Waals surface area contributed by atoms with E-state index in [4.69, 9.17) is 4.52 Å². The van der Waals surface area contributed by atoms with Crippen molar-refractivity contribution in [2.45, 2.75) is 45.1 Å². The zero-order valence-corrected chi connectivity index (χ0v) is 12.4. The Bertz CT molecular complexity index is 603. The first kappa shape index (κ1) is 13.9. The van der Waals surface area contributed by atoms with Crippen molar-refractivity contribution in [3.63, 3.8) is 0 Å². The van der Waals surface area contributed by atoms with E-state index in [1.54, 1.807) is 18.5 Å². The van der Waals surface area contributed by atoms with Crippen LogP contribution in [0.2, 0.25) is 0 Å². The number of nitrogens with one attached hydrogen (secondary N) is 1. The maximum Gasteiger partial charge on any atom is 0.276 e. The summed E-state index contributed by atoms with van der Waals surface area (Å²) in [6.07, 6.45) is 6.55. The van der Waals surface area contributed by atoms with Gasteiger partial charge in [0.15, 0.2) is 5.69 Å². The van der Waals surface area contributed by atoms with Crippen LogP contribution in [0.15, 0.2) is 23.0 Å². The van der Waals surface area contributed by atoms with Gasteiger partial charge in [0.25, 0.3) is 5.91 Å². The van der Waals surface area contributed by atoms with Crippen LogP contribution < -0.4 is 0 Å². The van der Waals surface area contributed by atoms with Crippen molar-refractivity contribution < 1.29 is 9.32 Å². The predicted octanol–water partition coefficient (Wildman–Crippen LogP) is 2.89. The molecule has 0 spiro atoms. The van der Waals surface area contributed by atoms with Crippen LogP contribution in [0.25, 0.3) is 0 Å². The first-order valence-corrected chi connectivity index (χ1v) is 7.43. The average Bonchev–Trinajstić information content (AvgIpc) is 3.18. The van der Waals surface area contributed by atoms with E-state index in [-0.39, 0.29) is 17.9 Å². The molecule has 1 aliphatic rings. The average molecular weight is 288 g/mol. The summed E-state index contributed by atoms with van der Waals surface area (Å²) < 4.78 is 5.24. The lowest BCUT2D eigenvalue weighted by atomic mass is 10.0. The lowest BCUT2D eigenvalue weighted by Gasteiger charge is -2.33. The van der Waals surface area contributed by atoms with Gasteiger partial charge in [0.1, 0.15) is 11.6 Å². The van der Waals surface area contributed by atoms with Crippen molar-refractivity contribution in [3.05, 3.63) is 35.7 Å². The largest absolute Gasteiger partial charge is 0.360 e. The van der Waals surface area contributed by atoms with E-state index in [0.29, 0.717) is 5.69 Å². The third kappa shape index (κ3) is 2.70. The molecule has 0 radical (unpaired) electrons. The predicted molar refractivity (Wildman–Crippen MR) is 76.8 cm³/mol. The lowest BCUT2D eigenvalue weighted by Crippen LogP contribution is -2.39. The first-order chi connectivity index (χ1) is 10.2. The molecular formula is C15H20N4O2. The van der Waals surface area contributed by atoms with Gasteiger partial charge in [0.05, 0.1) is 6.04 Å². The lowest BCUT2D eigenvalue weighted by molar-refractivity contribution is 0.0590. The molecule has 112 valence electrons. The fraction of sp³-hybridized carbons (Fsp3) is 0.533. The van der Waals surface area contributed by atoms with Crippen molar-refractivity contribution in [1.82, 2.24) is 20.0 Å². The number of H-pyrrole nitrogens is 1. The number of aromatic amines is 1. The number of hydrogen-bond donors (Lipinski definition) is 1. The zero-order chi connectivity index (χ0) is 14.8. The van der Waals surface area contributed by atoms with Crippen molar-refractivity contribution in [2.24, 2.45) is 0 Å². The summed E-state index contributed by atoms with van der Waals surface area (Å²) in [4.78, 5) is 22.0. The molecule has 1 N–H and O–H groups in total. The summed E-state index contributed by atoms with van der Waals surface area (Å²) >= 11 is 0. The van der Waals surface area contributed by atoms with Crippen molar-refractivity contribution >= 4 is 5.91 Å². The molecule has 6 heteroatoms. The second kappa shape index (κ2) is 5.71. The van der Waals surface area contributed by atoms with Gasteiger partial charge in [-0.05, 0) is 19.3 Å². The summed E-state index contributed by atoms with van der Waals surface area (Å²) in [5.41, 5.74) is 0.386. The second-order valence-corrected chi connectivity index (χ2v) is 5.75. The van der Waals surface area contributed by atoms with Gasteiger partial charge in [-0.25, -0.2) is 4.98 Å². The molecule has 1 saturated heterocycles. The molecule has 6 nitrogen and oxygen atoms in total. The monoisotopic (exact) mass is 288 g/mol. The summed E-state index contributed by atoms with van der Waals surface area (Å²) in [5.74, 6) is 1.73. The zero-order valence-electron chi connectivity index (χ0n) is 12.4. The Morgan fingerprint density at radius 2 is 2.33 bits per heavy atom. The maximum absolute atomic E-state index is 12.7. The van der Waals surface area contributed by atoms with Crippen molar-refractivity contribution in [3.8, 4) is 0 Å². The number of nitrogens with zero attached hydrogens (tertiary/aromatic N) is 3. The number of carbonyl (C=O) groups excluding carboxylic acids is 1. The van der Waals surface area contributed by atoms with Crippen LogP contribution in [0.5, 0.6) is 0 Å². The number of aromatic nitrogens is 3. The van der Waals surface area contributed by atoms with E-state index in [0.717, 1.165) is 37.4 Å². The Morgan fingerprint density at radius 3 is 3.00 bits per heavy atom. The number of likely N-dealkylation sites (tertiary alicyclic amines) is 1. The quantitative estimate of drug-likeness (QED) is 0.942. The third-order valence-corrected chi connectivity index (χ3v) is 3.92. The highest BCUT2D eigenvalue weighted by Crippen LogP contribution is 2.30. The summed E-state index contributed by atoms with van der Waals surface area (Å²) in [7, 11) is 0. The standard InChI is InChI=1S/C15H20N4O2/c1-10(2)13-9-11(18-21-13)15(20)19-8-4-3-5-12(19)14-16-6-7-17-14/h6-7,9-10,12H,3-5,8H2,1-2H3,(H,16,17)/t12-/m0/s1. The first-order valence-electron chi connectivity index (χ1n) is 7.43. The Labute approximate surface area is 123 Å². The van der Waals surface area contributed by atoms with Crippen LogP contribution >= 0.6 is 0 Å². The summed E-state index contributed by atoms with van der Waals surface area (Å²) in [6.45, 7) is 4.76. The minimum absolute atomic E-state index is 0.000417. The molecule has 1 amide bonds.